The number of rotatable bonds is 5. The van der Waals surface area contributed by atoms with Gasteiger partial charge in [-0.05, 0) is 23.3 Å². The number of nitrogens with zero attached hydrogens (tertiary/aromatic N) is 1. The van der Waals surface area contributed by atoms with Crippen LogP contribution in [0, 0.1) is 0 Å². The highest BCUT2D eigenvalue weighted by Crippen LogP contribution is 2.21. The molecule has 0 fully saturated rings. The lowest BCUT2D eigenvalue weighted by Crippen LogP contribution is -2.34. The molecular formula is C21H19ClN2O. The van der Waals surface area contributed by atoms with Gasteiger partial charge in [-0.15, -0.1) is 0 Å². The summed E-state index contributed by atoms with van der Waals surface area (Å²) >= 11 is 6.16. The molecule has 0 aromatic heterocycles. The first kappa shape index (κ1) is 17.1. The molecule has 3 aromatic carbocycles. The maximum Gasteiger partial charge on any atom is 0.322 e. The number of halogens is 1. The third-order valence-corrected chi connectivity index (χ3v) is 4.16. The van der Waals surface area contributed by atoms with Crippen LogP contribution < -0.4 is 5.32 Å². The van der Waals surface area contributed by atoms with E-state index < -0.39 is 0 Å². The summed E-state index contributed by atoms with van der Waals surface area (Å²) in [4.78, 5) is 14.6. The van der Waals surface area contributed by atoms with Gasteiger partial charge >= 0.3 is 6.03 Å². The van der Waals surface area contributed by atoms with Crippen molar-refractivity contribution in [3.05, 3.63) is 101 Å². The number of hydrogen-bond acceptors (Lipinski definition) is 1. The van der Waals surface area contributed by atoms with Crippen molar-refractivity contribution in [3.8, 4) is 0 Å². The Balaban J connectivity index is 1.79. The fourth-order valence-corrected chi connectivity index (χ4v) is 2.75. The van der Waals surface area contributed by atoms with E-state index >= 15 is 0 Å². The Hall–Kier alpha value is -2.78. The minimum Gasteiger partial charge on any atom is -0.316 e. The Morgan fingerprint density at radius 1 is 0.760 bits per heavy atom. The van der Waals surface area contributed by atoms with Crippen LogP contribution in [0.2, 0.25) is 5.02 Å². The molecule has 0 aliphatic carbocycles. The minimum absolute atomic E-state index is 0.180. The van der Waals surface area contributed by atoms with Crippen LogP contribution in [0.4, 0.5) is 10.5 Å². The van der Waals surface area contributed by atoms with E-state index in [1.54, 1.807) is 17.0 Å². The van der Waals surface area contributed by atoms with Crippen LogP contribution >= 0.6 is 11.6 Å². The fourth-order valence-electron chi connectivity index (χ4n) is 2.56. The normalized spacial score (nSPS) is 10.3. The molecular weight excluding hydrogens is 332 g/mol. The molecule has 3 nitrogen and oxygen atoms in total. The first-order valence-electron chi connectivity index (χ1n) is 8.10. The molecule has 25 heavy (non-hydrogen) atoms. The first-order chi connectivity index (χ1) is 12.2. The molecule has 0 bridgehead atoms. The summed E-state index contributed by atoms with van der Waals surface area (Å²) in [5, 5.41) is 3.43. The van der Waals surface area contributed by atoms with E-state index in [1.165, 1.54) is 0 Å². The van der Waals surface area contributed by atoms with E-state index in [-0.39, 0.29) is 6.03 Å². The van der Waals surface area contributed by atoms with Gasteiger partial charge in [0.05, 0.1) is 10.7 Å². The molecule has 0 heterocycles. The number of anilines is 1. The second kappa shape index (κ2) is 8.36. The molecule has 126 valence electrons. The van der Waals surface area contributed by atoms with Crippen LogP contribution in [-0.2, 0) is 13.1 Å². The van der Waals surface area contributed by atoms with Crippen molar-refractivity contribution in [3.63, 3.8) is 0 Å². The van der Waals surface area contributed by atoms with Crippen LogP contribution in [0.1, 0.15) is 11.1 Å². The molecule has 1 N–H and O–H groups in total. The van der Waals surface area contributed by atoms with Crippen molar-refractivity contribution in [2.75, 3.05) is 5.32 Å². The highest BCUT2D eigenvalue weighted by molar-refractivity contribution is 6.33. The number of benzene rings is 3. The Labute approximate surface area is 152 Å². The summed E-state index contributed by atoms with van der Waals surface area (Å²) in [6.07, 6.45) is 0. The first-order valence-corrected chi connectivity index (χ1v) is 8.48. The summed E-state index contributed by atoms with van der Waals surface area (Å²) < 4.78 is 0. The molecule has 0 saturated carbocycles. The lowest BCUT2D eigenvalue weighted by atomic mass is 10.2. The molecule has 0 atom stereocenters. The van der Waals surface area contributed by atoms with Crippen molar-refractivity contribution in [1.29, 1.82) is 0 Å². The second-order valence-corrected chi connectivity index (χ2v) is 6.14. The predicted octanol–water partition coefficient (Wildman–Crippen LogP) is 5.57. The standard InChI is InChI=1S/C21H19ClN2O/c22-19-13-7-8-14-20(19)23-21(25)24(15-17-9-3-1-4-10-17)16-18-11-5-2-6-12-18/h1-14H,15-16H2,(H,23,25). The van der Waals surface area contributed by atoms with Gasteiger partial charge < -0.3 is 10.2 Å². The van der Waals surface area contributed by atoms with Crippen molar-refractivity contribution >= 4 is 23.3 Å². The number of para-hydroxylation sites is 1. The highest BCUT2D eigenvalue weighted by atomic mass is 35.5. The molecule has 0 radical (unpaired) electrons. The number of amides is 2. The Kier molecular flexibility index (Phi) is 5.70. The van der Waals surface area contributed by atoms with E-state index in [2.05, 4.69) is 5.32 Å². The fraction of sp³-hybridized carbons (Fsp3) is 0.0952. The summed E-state index contributed by atoms with van der Waals surface area (Å²) in [6, 6.07) is 26.9. The van der Waals surface area contributed by atoms with Gasteiger partial charge in [0.15, 0.2) is 0 Å². The van der Waals surface area contributed by atoms with Crippen molar-refractivity contribution in [2.24, 2.45) is 0 Å². The van der Waals surface area contributed by atoms with Crippen LogP contribution in [0.5, 0.6) is 0 Å². The number of nitrogens with one attached hydrogen (secondary N) is 1. The largest absolute Gasteiger partial charge is 0.322 e. The lowest BCUT2D eigenvalue weighted by Gasteiger charge is -2.24. The number of carbonyl (C=O) groups is 1. The SMILES string of the molecule is O=C(Nc1ccccc1Cl)N(Cc1ccccc1)Cc1ccccc1. The summed E-state index contributed by atoms with van der Waals surface area (Å²) in [6.45, 7) is 1.04. The maximum absolute atomic E-state index is 12.8. The zero-order chi connectivity index (χ0) is 17.5. The zero-order valence-corrected chi connectivity index (χ0v) is 14.5. The minimum atomic E-state index is -0.180. The maximum atomic E-state index is 12.8. The highest BCUT2D eigenvalue weighted by Gasteiger charge is 2.15. The Bertz CT molecular complexity index is 780. The smallest absolute Gasteiger partial charge is 0.316 e. The zero-order valence-electron chi connectivity index (χ0n) is 13.7. The quantitative estimate of drug-likeness (QED) is 0.640. The predicted molar refractivity (Wildman–Crippen MR) is 103 cm³/mol. The van der Waals surface area contributed by atoms with Gasteiger partial charge in [-0.1, -0.05) is 84.4 Å². The van der Waals surface area contributed by atoms with Gasteiger partial charge in [0, 0.05) is 13.1 Å². The van der Waals surface area contributed by atoms with Crippen molar-refractivity contribution < 1.29 is 4.79 Å². The molecule has 0 spiro atoms. The lowest BCUT2D eigenvalue weighted by molar-refractivity contribution is 0.206. The molecule has 2 amide bonds. The third-order valence-electron chi connectivity index (χ3n) is 3.84. The Morgan fingerprint density at radius 2 is 1.24 bits per heavy atom. The van der Waals surface area contributed by atoms with Crippen molar-refractivity contribution in [2.45, 2.75) is 13.1 Å². The van der Waals surface area contributed by atoms with Crippen LogP contribution in [-0.4, -0.2) is 10.9 Å². The molecule has 3 rings (SSSR count). The van der Waals surface area contributed by atoms with Gasteiger partial charge in [-0.25, -0.2) is 4.79 Å². The number of urea groups is 1. The van der Waals surface area contributed by atoms with Crippen LogP contribution in [0.15, 0.2) is 84.9 Å². The van der Waals surface area contributed by atoms with Gasteiger partial charge in [0.2, 0.25) is 0 Å². The monoisotopic (exact) mass is 350 g/mol. The third kappa shape index (κ3) is 4.85. The van der Waals surface area contributed by atoms with Gasteiger partial charge in [-0.2, -0.15) is 0 Å². The second-order valence-electron chi connectivity index (χ2n) is 5.74. The van der Waals surface area contributed by atoms with E-state index in [4.69, 9.17) is 11.6 Å². The van der Waals surface area contributed by atoms with E-state index in [0.29, 0.717) is 23.8 Å². The van der Waals surface area contributed by atoms with E-state index in [0.717, 1.165) is 11.1 Å². The summed E-state index contributed by atoms with van der Waals surface area (Å²) in [7, 11) is 0. The Morgan fingerprint density at radius 3 is 1.76 bits per heavy atom. The van der Waals surface area contributed by atoms with Crippen LogP contribution in [0.25, 0.3) is 0 Å². The van der Waals surface area contributed by atoms with E-state index in [9.17, 15) is 4.79 Å². The molecule has 0 aliphatic rings. The molecule has 3 aromatic rings. The molecule has 4 heteroatoms. The van der Waals surface area contributed by atoms with Gasteiger partial charge in [-0.3, -0.25) is 0 Å². The molecule has 0 saturated heterocycles. The number of carbonyl (C=O) groups excluding carboxylic acids is 1. The van der Waals surface area contributed by atoms with E-state index in [1.807, 2.05) is 72.8 Å². The molecule has 0 unspecified atom stereocenters. The topological polar surface area (TPSA) is 32.3 Å². The van der Waals surface area contributed by atoms with Gasteiger partial charge in [0.1, 0.15) is 0 Å². The molecule has 0 aliphatic heterocycles. The number of hydrogen-bond donors (Lipinski definition) is 1. The summed E-state index contributed by atoms with van der Waals surface area (Å²) in [5.41, 5.74) is 2.76. The average Bonchev–Trinajstić information content (AvgIpc) is 2.65. The van der Waals surface area contributed by atoms with Gasteiger partial charge in [0.25, 0.3) is 0 Å². The van der Waals surface area contributed by atoms with Crippen molar-refractivity contribution in [1.82, 2.24) is 4.90 Å². The van der Waals surface area contributed by atoms with Crippen LogP contribution in [0.3, 0.4) is 0 Å². The summed E-state index contributed by atoms with van der Waals surface area (Å²) in [5.74, 6) is 0. The average molecular weight is 351 g/mol.